The largest absolute Gasteiger partial charge is 0.490 e. The second-order valence-electron chi connectivity index (χ2n) is 11.0. The highest BCUT2D eigenvalue weighted by molar-refractivity contribution is 5.96. The van der Waals surface area contributed by atoms with E-state index in [9.17, 15) is 14.4 Å². The number of carbonyl (C=O) groups excluding carboxylic acids is 3. The highest BCUT2D eigenvalue weighted by atomic mass is 16.5. The number of ketones is 1. The molecule has 1 N–H and O–H groups in total. The molecule has 2 aliphatic rings. The molecule has 0 atom stereocenters. The first-order chi connectivity index (χ1) is 20.4. The van der Waals surface area contributed by atoms with Gasteiger partial charge in [-0.15, -0.1) is 0 Å². The molecule has 3 heterocycles. The van der Waals surface area contributed by atoms with Crippen LogP contribution in [0, 0.1) is 11.3 Å². The number of carbonyl (C=O) groups is 3. The van der Waals surface area contributed by atoms with E-state index in [1.165, 1.54) is 18.7 Å². The van der Waals surface area contributed by atoms with Crippen LogP contribution in [0.5, 0.6) is 5.75 Å². The zero-order valence-electron chi connectivity index (χ0n) is 23.8. The molecule has 0 saturated carbocycles. The first-order valence-corrected chi connectivity index (χ1v) is 14.4. The van der Waals surface area contributed by atoms with Crippen molar-refractivity contribution in [3.8, 4) is 11.8 Å². The zero-order valence-corrected chi connectivity index (χ0v) is 23.8. The van der Waals surface area contributed by atoms with Crippen LogP contribution in [0.25, 0.3) is 0 Å². The van der Waals surface area contributed by atoms with Crippen LogP contribution in [0.15, 0.2) is 66.9 Å². The summed E-state index contributed by atoms with van der Waals surface area (Å²) in [5.41, 5.74) is 3.24. The van der Waals surface area contributed by atoms with Gasteiger partial charge in [0.05, 0.1) is 17.2 Å². The van der Waals surface area contributed by atoms with E-state index < -0.39 is 0 Å². The number of nitrogens with zero attached hydrogens (tertiary/aromatic N) is 4. The van der Waals surface area contributed by atoms with E-state index in [-0.39, 0.29) is 29.7 Å². The second kappa shape index (κ2) is 13.4. The first-order valence-electron chi connectivity index (χ1n) is 14.4. The molecule has 1 aromatic heterocycles. The maximum Gasteiger partial charge on any atom is 0.270 e. The van der Waals surface area contributed by atoms with Gasteiger partial charge >= 0.3 is 0 Å². The highest BCUT2D eigenvalue weighted by Crippen LogP contribution is 2.21. The molecule has 5 rings (SSSR count). The summed E-state index contributed by atoms with van der Waals surface area (Å²) in [5.74, 6) is 0.406. The standard InChI is InChI=1S/C33H35N5O4/c1-23(39)26-6-9-29(10-7-26)42-30-14-18-38(19-15-30)33(41)27-8-11-31(35-21-27)32(40)36-28-12-16-37(17-13-28)22-25-4-2-24(20-34)3-5-25/h2-11,21,28,30H,12-19,22H2,1H3,(H,36,40). The van der Waals surface area contributed by atoms with E-state index in [1.54, 1.807) is 41.3 Å². The highest BCUT2D eigenvalue weighted by Gasteiger charge is 2.26. The number of nitriles is 1. The van der Waals surface area contributed by atoms with E-state index in [4.69, 9.17) is 10.00 Å². The Kier molecular flexibility index (Phi) is 9.25. The minimum atomic E-state index is -0.228. The molecular formula is C33H35N5O4. The molecule has 2 fully saturated rings. The number of amides is 2. The lowest BCUT2D eigenvalue weighted by atomic mass is 10.0. The van der Waals surface area contributed by atoms with Crippen molar-refractivity contribution >= 4 is 17.6 Å². The van der Waals surface area contributed by atoms with Gasteiger partial charge < -0.3 is 15.0 Å². The maximum absolute atomic E-state index is 13.1. The molecule has 0 aliphatic carbocycles. The number of ether oxygens (including phenoxy) is 1. The normalized spacial score (nSPS) is 16.4. The Morgan fingerprint density at radius 2 is 1.57 bits per heavy atom. The van der Waals surface area contributed by atoms with E-state index in [0.29, 0.717) is 48.3 Å². The molecule has 216 valence electrons. The van der Waals surface area contributed by atoms with Crippen molar-refractivity contribution in [3.63, 3.8) is 0 Å². The Morgan fingerprint density at radius 1 is 0.905 bits per heavy atom. The fraction of sp³-hybridized carbons (Fsp3) is 0.364. The molecule has 2 aliphatic heterocycles. The second-order valence-corrected chi connectivity index (χ2v) is 11.0. The maximum atomic E-state index is 13.1. The Bertz CT molecular complexity index is 1430. The van der Waals surface area contributed by atoms with E-state index in [0.717, 1.165) is 38.2 Å². The summed E-state index contributed by atoms with van der Waals surface area (Å²) in [5, 5.41) is 12.1. The molecule has 0 spiro atoms. The van der Waals surface area contributed by atoms with Gasteiger partial charge in [0, 0.05) is 63.4 Å². The van der Waals surface area contributed by atoms with Crippen LogP contribution in [0.1, 0.15) is 74.9 Å². The quantitative estimate of drug-likeness (QED) is 0.406. The van der Waals surface area contributed by atoms with Gasteiger partial charge in [-0.1, -0.05) is 12.1 Å². The van der Waals surface area contributed by atoms with Gasteiger partial charge in [-0.25, -0.2) is 0 Å². The van der Waals surface area contributed by atoms with Crippen molar-refractivity contribution in [2.24, 2.45) is 0 Å². The molecule has 2 amide bonds. The Labute approximate surface area is 246 Å². The van der Waals surface area contributed by atoms with Crippen molar-refractivity contribution in [3.05, 3.63) is 94.8 Å². The Balaban J connectivity index is 1.05. The SMILES string of the molecule is CC(=O)c1ccc(OC2CCN(C(=O)c3ccc(C(=O)NC4CCN(Cc5ccc(C#N)cc5)CC4)nc3)CC2)cc1. The molecule has 9 heteroatoms. The number of likely N-dealkylation sites (tertiary alicyclic amines) is 2. The molecule has 3 aromatic rings. The number of hydrogen-bond acceptors (Lipinski definition) is 7. The Morgan fingerprint density at radius 3 is 2.17 bits per heavy atom. The summed E-state index contributed by atoms with van der Waals surface area (Å²) in [6.45, 7) is 5.25. The summed E-state index contributed by atoms with van der Waals surface area (Å²) >= 11 is 0. The molecule has 9 nitrogen and oxygen atoms in total. The van der Waals surface area contributed by atoms with Crippen LogP contribution in [-0.2, 0) is 6.54 Å². The predicted octanol–water partition coefficient (Wildman–Crippen LogP) is 4.23. The zero-order chi connectivity index (χ0) is 29.5. The van der Waals surface area contributed by atoms with Crippen molar-refractivity contribution in [2.45, 2.75) is 51.3 Å². The van der Waals surface area contributed by atoms with Gasteiger partial charge in [-0.3, -0.25) is 24.3 Å². The predicted molar refractivity (Wildman–Crippen MR) is 157 cm³/mol. The van der Waals surface area contributed by atoms with Gasteiger partial charge in [0.1, 0.15) is 17.5 Å². The summed E-state index contributed by atoms with van der Waals surface area (Å²) in [7, 11) is 0. The number of rotatable bonds is 8. The van der Waals surface area contributed by atoms with Crippen LogP contribution in [0.3, 0.4) is 0 Å². The fourth-order valence-corrected chi connectivity index (χ4v) is 5.41. The third kappa shape index (κ3) is 7.39. The summed E-state index contributed by atoms with van der Waals surface area (Å²) < 4.78 is 6.05. The smallest absolute Gasteiger partial charge is 0.270 e. The molecule has 2 saturated heterocycles. The number of nitrogens with one attached hydrogen (secondary N) is 1. The average molecular weight is 566 g/mol. The van der Waals surface area contributed by atoms with E-state index >= 15 is 0 Å². The van der Waals surface area contributed by atoms with Crippen LogP contribution >= 0.6 is 0 Å². The average Bonchev–Trinajstić information content (AvgIpc) is 3.03. The van der Waals surface area contributed by atoms with Crippen LogP contribution in [-0.4, -0.2) is 70.7 Å². The number of aromatic nitrogens is 1. The molecule has 2 aromatic carbocycles. The van der Waals surface area contributed by atoms with E-state index in [1.807, 2.05) is 24.3 Å². The van der Waals surface area contributed by atoms with Crippen molar-refractivity contribution < 1.29 is 19.1 Å². The number of benzene rings is 2. The molecule has 0 radical (unpaired) electrons. The number of pyridine rings is 1. The first kappa shape index (κ1) is 29.0. The number of hydrogen-bond donors (Lipinski definition) is 1. The summed E-state index contributed by atoms with van der Waals surface area (Å²) in [6.07, 6.45) is 4.60. The number of Topliss-reactive ketones (excluding diaryl/α,β-unsaturated/α-hetero) is 1. The third-order valence-electron chi connectivity index (χ3n) is 7.95. The summed E-state index contributed by atoms with van der Waals surface area (Å²) in [4.78, 5) is 45.8. The van der Waals surface area contributed by atoms with Crippen molar-refractivity contribution in [1.29, 1.82) is 5.26 Å². The van der Waals surface area contributed by atoms with Crippen molar-refractivity contribution in [2.75, 3.05) is 26.2 Å². The van der Waals surface area contributed by atoms with Gasteiger partial charge in [-0.2, -0.15) is 5.26 Å². The number of piperidine rings is 2. The van der Waals surface area contributed by atoms with Crippen LogP contribution in [0.4, 0.5) is 0 Å². The fourth-order valence-electron chi connectivity index (χ4n) is 5.41. The minimum absolute atomic E-state index is 0.00394. The van der Waals surface area contributed by atoms with E-state index in [2.05, 4.69) is 21.3 Å². The van der Waals surface area contributed by atoms with Gasteiger partial charge in [0.2, 0.25) is 0 Å². The monoisotopic (exact) mass is 565 g/mol. The van der Waals surface area contributed by atoms with Crippen LogP contribution < -0.4 is 10.1 Å². The topological polar surface area (TPSA) is 116 Å². The lowest BCUT2D eigenvalue weighted by Crippen LogP contribution is -2.44. The van der Waals surface area contributed by atoms with Gasteiger partial charge in [-0.05, 0) is 73.9 Å². The van der Waals surface area contributed by atoms with Crippen molar-refractivity contribution in [1.82, 2.24) is 20.1 Å². The van der Waals surface area contributed by atoms with Gasteiger partial charge in [0.15, 0.2) is 5.78 Å². The third-order valence-corrected chi connectivity index (χ3v) is 7.95. The van der Waals surface area contributed by atoms with Gasteiger partial charge in [0.25, 0.3) is 11.8 Å². The molecule has 0 bridgehead atoms. The molecule has 0 unspecified atom stereocenters. The minimum Gasteiger partial charge on any atom is -0.490 e. The lowest BCUT2D eigenvalue weighted by Gasteiger charge is -2.32. The van der Waals surface area contributed by atoms with Crippen LogP contribution in [0.2, 0.25) is 0 Å². The lowest BCUT2D eigenvalue weighted by molar-refractivity contribution is 0.0594. The summed E-state index contributed by atoms with van der Waals surface area (Å²) in [6, 6.07) is 20.3. The molecule has 42 heavy (non-hydrogen) atoms. The Hall–Kier alpha value is -4.55. The molecular weight excluding hydrogens is 530 g/mol.